The molecular formula is C20H25N4OS+. The summed E-state index contributed by atoms with van der Waals surface area (Å²) in [5.74, 6) is 0.910. The SMILES string of the molecule is CCOc1ccc(C[NH+](C)Cn2ncn(-c3ccccc3C)c2=S)cc1. The molecule has 3 rings (SSSR count). The molecule has 0 bridgehead atoms. The highest BCUT2D eigenvalue weighted by Gasteiger charge is 2.10. The summed E-state index contributed by atoms with van der Waals surface area (Å²) in [6.07, 6.45) is 1.80. The number of benzene rings is 2. The zero-order chi connectivity index (χ0) is 18.5. The minimum Gasteiger partial charge on any atom is -0.494 e. The predicted molar refractivity (Wildman–Crippen MR) is 105 cm³/mol. The van der Waals surface area contributed by atoms with Gasteiger partial charge in [-0.25, -0.2) is 0 Å². The molecule has 136 valence electrons. The zero-order valence-corrected chi connectivity index (χ0v) is 16.3. The van der Waals surface area contributed by atoms with Gasteiger partial charge in [0.1, 0.15) is 18.6 Å². The van der Waals surface area contributed by atoms with Gasteiger partial charge in [-0.15, -0.1) is 0 Å². The molecule has 0 amide bonds. The van der Waals surface area contributed by atoms with E-state index in [2.05, 4.69) is 43.3 Å². The Bertz CT molecular complexity index is 914. The van der Waals surface area contributed by atoms with Gasteiger partial charge in [0, 0.05) is 5.56 Å². The molecule has 0 aliphatic heterocycles. The number of hydrogen-bond acceptors (Lipinski definition) is 3. The normalized spacial score (nSPS) is 12.1. The first kappa shape index (κ1) is 18.4. The van der Waals surface area contributed by atoms with Crippen LogP contribution >= 0.6 is 12.2 Å². The van der Waals surface area contributed by atoms with Gasteiger partial charge in [-0.2, -0.15) is 9.78 Å². The Morgan fingerprint density at radius 3 is 2.54 bits per heavy atom. The summed E-state index contributed by atoms with van der Waals surface area (Å²) in [6.45, 7) is 6.37. The number of nitrogens with one attached hydrogen (secondary N) is 1. The molecule has 3 aromatic rings. The van der Waals surface area contributed by atoms with E-state index in [1.165, 1.54) is 16.0 Å². The van der Waals surface area contributed by atoms with Gasteiger partial charge in [0.15, 0.2) is 6.67 Å². The lowest BCUT2D eigenvalue weighted by Crippen LogP contribution is -3.07. The Kier molecular flexibility index (Phi) is 5.85. The van der Waals surface area contributed by atoms with E-state index in [1.807, 2.05) is 40.4 Å². The Hall–Kier alpha value is -2.44. The number of quaternary nitrogens is 1. The van der Waals surface area contributed by atoms with Crippen molar-refractivity contribution in [1.82, 2.24) is 14.3 Å². The van der Waals surface area contributed by atoms with Gasteiger partial charge >= 0.3 is 0 Å². The Balaban J connectivity index is 1.69. The third-order valence-corrected chi connectivity index (χ3v) is 4.68. The van der Waals surface area contributed by atoms with E-state index in [1.54, 1.807) is 6.33 Å². The van der Waals surface area contributed by atoms with E-state index in [0.29, 0.717) is 18.0 Å². The van der Waals surface area contributed by atoms with Gasteiger partial charge in [0.05, 0.1) is 19.3 Å². The van der Waals surface area contributed by atoms with Gasteiger partial charge in [0.2, 0.25) is 4.77 Å². The van der Waals surface area contributed by atoms with Crippen molar-refractivity contribution in [2.75, 3.05) is 13.7 Å². The van der Waals surface area contributed by atoms with Crippen LogP contribution in [0.4, 0.5) is 0 Å². The van der Waals surface area contributed by atoms with Gasteiger partial charge in [0.25, 0.3) is 0 Å². The van der Waals surface area contributed by atoms with Crippen molar-refractivity contribution < 1.29 is 9.64 Å². The van der Waals surface area contributed by atoms with Gasteiger partial charge < -0.3 is 9.64 Å². The number of hydrogen-bond donors (Lipinski definition) is 1. The molecule has 0 aliphatic rings. The second kappa shape index (κ2) is 8.29. The van der Waals surface area contributed by atoms with E-state index < -0.39 is 0 Å². The molecule has 2 aromatic carbocycles. The maximum Gasteiger partial charge on any atom is 0.207 e. The number of nitrogens with zero attached hydrogens (tertiary/aromatic N) is 3. The molecule has 0 aliphatic carbocycles. The monoisotopic (exact) mass is 369 g/mol. The number of aryl methyl sites for hydroxylation is 1. The van der Waals surface area contributed by atoms with Crippen molar-refractivity contribution in [2.45, 2.75) is 27.1 Å². The highest BCUT2D eigenvalue weighted by Crippen LogP contribution is 2.13. The summed E-state index contributed by atoms with van der Waals surface area (Å²) in [6, 6.07) is 16.5. The molecule has 1 N–H and O–H groups in total. The van der Waals surface area contributed by atoms with Crippen LogP contribution in [0.25, 0.3) is 5.69 Å². The lowest BCUT2D eigenvalue weighted by atomic mass is 10.2. The third-order valence-electron chi connectivity index (χ3n) is 4.27. The Morgan fingerprint density at radius 2 is 1.85 bits per heavy atom. The van der Waals surface area contributed by atoms with E-state index >= 15 is 0 Å². The number of aromatic nitrogens is 3. The smallest absolute Gasteiger partial charge is 0.207 e. The quantitative estimate of drug-likeness (QED) is 0.651. The molecule has 5 nitrogen and oxygen atoms in total. The molecular weight excluding hydrogens is 344 g/mol. The van der Waals surface area contributed by atoms with E-state index in [9.17, 15) is 0 Å². The first-order valence-corrected chi connectivity index (χ1v) is 9.23. The van der Waals surface area contributed by atoms with Crippen LogP contribution in [0.2, 0.25) is 0 Å². The minimum absolute atomic E-state index is 0.687. The fourth-order valence-corrected chi connectivity index (χ4v) is 3.23. The molecule has 0 spiro atoms. The topological polar surface area (TPSA) is 36.4 Å². The fraction of sp³-hybridized carbons (Fsp3) is 0.300. The van der Waals surface area contributed by atoms with Crippen molar-refractivity contribution in [1.29, 1.82) is 0 Å². The van der Waals surface area contributed by atoms with Crippen LogP contribution in [0.1, 0.15) is 18.1 Å². The maximum atomic E-state index is 5.63. The number of para-hydroxylation sites is 1. The standard InChI is InChI=1S/C20H24N4OS/c1-4-25-18-11-9-17(10-12-18)13-22(3)15-24-20(26)23(14-21-24)19-8-6-5-7-16(19)2/h5-12,14H,4,13,15H2,1-3H3/p+1. The molecule has 0 radical (unpaired) electrons. The summed E-state index contributed by atoms with van der Waals surface area (Å²) in [7, 11) is 2.14. The Labute approximate surface area is 159 Å². The van der Waals surface area contributed by atoms with Crippen LogP contribution < -0.4 is 9.64 Å². The number of ether oxygens (including phenoxy) is 1. The summed E-state index contributed by atoms with van der Waals surface area (Å²) in [5.41, 5.74) is 3.52. The molecule has 0 saturated carbocycles. The number of rotatable bonds is 7. The van der Waals surface area contributed by atoms with Crippen LogP contribution in [0.3, 0.4) is 0 Å². The molecule has 1 atom stereocenters. The molecule has 0 fully saturated rings. The van der Waals surface area contributed by atoms with Crippen molar-refractivity contribution >= 4 is 12.2 Å². The van der Waals surface area contributed by atoms with Crippen molar-refractivity contribution in [3.63, 3.8) is 0 Å². The van der Waals surface area contributed by atoms with Crippen molar-refractivity contribution in [3.05, 3.63) is 70.8 Å². The van der Waals surface area contributed by atoms with Gasteiger partial charge in [-0.3, -0.25) is 4.57 Å². The highest BCUT2D eigenvalue weighted by atomic mass is 32.1. The molecule has 1 heterocycles. The summed E-state index contributed by atoms with van der Waals surface area (Å²) >= 11 is 5.63. The van der Waals surface area contributed by atoms with Crippen molar-refractivity contribution in [2.24, 2.45) is 0 Å². The fourth-order valence-electron chi connectivity index (χ4n) is 2.97. The molecule has 26 heavy (non-hydrogen) atoms. The van der Waals surface area contributed by atoms with Gasteiger partial charge in [-0.1, -0.05) is 18.2 Å². The van der Waals surface area contributed by atoms with Crippen LogP contribution in [0, 0.1) is 11.7 Å². The van der Waals surface area contributed by atoms with E-state index in [4.69, 9.17) is 17.0 Å². The molecule has 6 heteroatoms. The predicted octanol–water partition coefficient (Wildman–Crippen LogP) is 2.78. The van der Waals surface area contributed by atoms with Crippen LogP contribution in [-0.4, -0.2) is 28.0 Å². The van der Waals surface area contributed by atoms with Crippen molar-refractivity contribution in [3.8, 4) is 11.4 Å². The van der Waals surface area contributed by atoms with E-state index in [-0.39, 0.29) is 0 Å². The molecule has 1 unspecified atom stereocenters. The summed E-state index contributed by atoms with van der Waals surface area (Å²) in [4.78, 5) is 1.31. The average Bonchev–Trinajstić information content (AvgIpc) is 2.98. The van der Waals surface area contributed by atoms with Crippen LogP contribution in [0.5, 0.6) is 5.75 Å². The highest BCUT2D eigenvalue weighted by molar-refractivity contribution is 7.71. The maximum absolute atomic E-state index is 5.63. The van der Waals surface area contributed by atoms with E-state index in [0.717, 1.165) is 18.0 Å². The van der Waals surface area contributed by atoms with Gasteiger partial charge in [-0.05, 0) is 62.0 Å². The largest absolute Gasteiger partial charge is 0.494 e. The first-order valence-electron chi connectivity index (χ1n) is 8.82. The lowest BCUT2D eigenvalue weighted by Gasteiger charge is -2.14. The lowest BCUT2D eigenvalue weighted by molar-refractivity contribution is -0.917. The molecule has 1 aromatic heterocycles. The summed E-state index contributed by atoms with van der Waals surface area (Å²) < 4.78 is 10.1. The summed E-state index contributed by atoms with van der Waals surface area (Å²) in [5, 5.41) is 4.49. The zero-order valence-electron chi connectivity index (χ0n) is 15.5. The van der Waals surface area contributed by atoms with Crippen LogP contribution in [0.15, 0.2) is 54.9 Å². The van der Waals surface area contributed by atoms with Crippen LogP contribution in [-0.2, 0) is 13.2 Å². The average molecular weight is 370 g/mol. The third kappa shape index (κ3) is 4.20. The second-order valence-corrected chi connectivity index (χ2v) is 6.80. The Morgan fingerprint density at radius 1 is 1.12 bits per heavy atom. The molecule has 0 saturated heterocycles. The minimum atomic E-state index is 0.687. The second-order valence-electron chi connectivity index (χ2n) is 6.44. The first-order chi connectivity index (χ1) is 12.6.